The van der Waals surface area contributed by atoms with E-state index >= 15 is 0 Å². The summed E-state index contributed by atoms with van der Waals surface area (Å²) in [5.74, 6) is -0.182. The van der Waals surface area contributed by atoms with Crippen molar-refractivity contribution in [2.75, 3.05) is 18.1 Å². The standard InChI is InChI=1S/C10H16N2O5S2/c13-8-11-10-2-1-5-12(10)19(16,17)9-3-6-18(14,15)7-4-9/h9-10H,1-7H2. The molecule has 1 unspecified atom stereocenters. The lowest BCUT2D eigenvalue weighted by molar-refractivity contribution is 0.386. The van der Waals surface area contributed by atoms with E-state index in [2.05, 4.69) is 4.99 Å². The molecular weight excluding hydrogens is 292 g/mol. The van der Waals surface area contributed by atoms with Gasteiger partial charge in [0.15, 0.2) is 0 Å². The Balaban J connectivity index is 2.16. The summed E-state index contributed by atoms with van der Waals surface area (Å²) in [5, 5.41) is -0.682. The van der Waals surface area contributed by atoms with Crippen molar-refractivity contribution in [3.05, 3.63) is 0 Å². The van der Waals surface area contributed by atoms with Gasteiger partial charge < -0.3 is 0 Å². The average Bonchev–Trinajstić information content (AvgIpc) is 2.78. The maximum atomic E-state index is 12.4. The summed E-state index contributed by atoms with van der Waals surface area (Å²) in [5.41, 5.74) is 0. The Morgan fingerprint density at radius 2 is 1.79 bits per heavy atom. The molecule has 2 heterocycles. The zero-order valence-corrected chi connectivity index (χ0v) is 12.0. The number of sulfonamides is 1. The molecule has 0 aromatic carbocycles. The van der Waals surface area contributed by atoms with Crippen molar-refractivity contribution in [2.45, 2.75) is 37.1 Å². The lowest BCUT2D eigenvalue weighted by Crippen LogP contribution is -2.44. The Morgan fingerprint density at radius 3 is 2.37 bits per heavy atom. The van der Waals surface area contributed by atoms with Gasteiger partial charge in [-0.15, -0.1) is 0 Å². The van der Waals surface area contributed by atoms with Crippen LogP contribution in [0.5, 0.6) is 0 Å². The van der Waals surface area contributed by atoms with Crippen LogP contribution in [0.1, 0.15) is 25.7 Å². The Morgan fingerprint density at radius 1 is 1.16 bits per heavy atom. The molecule has 7 nitrogen and oxygen atoms in total. The van der Waals surface area contributed by atoms with Crippen molar-refractivity contribution in [1.82, 2.24) is 4.31 Å². The van der Waals surface area contributed by atoms with Crippen LogP contribution in [0.3, 0.4) is 0 Å². The minimum atomic E-state index is -3.59. The molecule has 2 aliphatic rings. The summed E-state index contributed by atoms with van der Waals surface area (Å²) in [4.78, 5) is 13.8. The van der Waals surface area contributed by atoms with Crippen molar-refractivity contribution in [3.63, 3.8) is 0 Å². The van der Waals surface area contributed by atoms with E-state index in [-0.39, 0.29) is 24.3 Å². The summed E-state index contributed by atoms with van der Waals surface area (Å²) in [6, 6.07) is 0. The van der Waals surface area contributed by atoms with Gasteiger partial charge in [-0.2, -0.15) is 9.30 Å². The second-order valence-corrected chi connectivity index (χ2v) is 9.32. The first-order chi connectivity index (χ1) is 8.87. The molecule has 2 aliphatic heterocycles. The lowest BCUT2D eigenvalue weighted by atomic mass is 10.2. The second kappa shape index (κ2) is 5.32. The molecule has 0 spiro atoms. The van der Waals surface area contributed by atoms with E-state index in [9.17, 15) is 21.6 Å². The molecule has 0 amide bonds. The number of hydrogen-bond donors (Lipinski definition) is 0. The maximum Gasteiger partial charge on any atom is 0.236 e. The molecule has 2 rings (SSSR count). The monoisotopic (exact) mass is 308 g/mol. The number of sulfone groups is 1. The second-order valence-electron chi connectivity index (χ2n) is 4.85. The van der Waals surface area contributed by atoms with Gasteiger partial charge in [-0.05, 0) is 25.7 Å². The van der Waals surface area contributed by atoms with Crippen LogP contribution >= 0.6 is 0 Å². The van der Waals surface area contributed by atoms with Crippen LogP contribution in [-0.2, 0) is 24.7 Å². The Kier molecular flexibility index (Phi) is 4.10. The summed E-state index contributed by atoms with van der Waals surface area (Å²) in [6.45, 7) is 0.335. The molecule has 9 heteroatoms. The van der Waals surface area contributed by atoms with E-state index in [1.807, 2.05) is 0 Å². The maximum absolute atomic E-state index is 12.4. The van der Waals surface area contributed by atoms with Crippen molar-refractivity contribution >= 4 is 25.9 Å². The minimum Gasteiger partial charge on any atom is -0.229 e. The summed E-state index contributed by atoms with van der Waals surface area (Å²) >= 11 is 0. The minimum absolute atomic E-state index is 0.0909. The van der Waals surface area contributed by atoms with E-state index in [1.165, 1.54) is 10.4 Å². The van der Waals surface area contributed by atoms with Crippen molar-refractivity contribution in [1.29, 1.82) is 0 Å². The largest absolute Gasteiger partial charge is 0.236 e. The highest BCUT2D eigenvalue weighted by Crippen LogP contribution is 2.28. The first-order valence-corrected chi connectivity index (χ1v) is 9.47. The molecule has 0 bridgehead atoms. The molecule has 2 saturated heterocycles. The van der Waals surface area contributed by atoms with Crippen LogP contribution in [0.25, 0.3) is 0 Å². The predicted molar refractivity (Wildman–Crippen MR) is 68.4 cm³/mol. The lowest BCUT2D eigenvalue weighted by Gasteiger charge is -2.28. The Labute approximate surface area is 112 Å². The molecule has 0 aliphatic carbocycles. The SMILES string of the molecule is O=C=NC1CCCN1S(=O)(=O)C1CCS(=O)(=O)CC1. The van der Waals surface area contributed by atoms with E-state index < -0.39 is 31.3 Å². The van der Waals surface area contributed by atoms with Gasteiger partial charge >= 0.3 is 0 Å². The van der Waals surface area contributed by atoms with E-state index in [0.717, 1.165) is 0 Å². The highest BCUT2D eigenvalue weighted by Gasteiger charge is 2.41. The van der Waals surface area contributed by atoms with Crippen LogP contribution in [0.4, 0.5) is 0 Å². The van der Waals surface area contributed by atoms with Gasteiger partial charge in [0.25, 0.3) is 0 Å². The molecule has 0 saturated carbocycles. The van der Waals surface area contributed by atoms with E-state index in [4.69, 9.17) is 0 Å². The highest BCUT2D eigenvalue weighted by atomic mass is 32.2. The number of hydrogen-bond acceptors (Lipinski definition) is 6. The van der Waals surface area contributed by atoms with Gasteiger partial charge in [-0.1, -0.05) is 0 Å². The van der Waals surface area contributed by atoms with E-state index in [0.29, 0.717) is 19.4 Å². The van der Waals surface area contributed by atoms with Crippen LogP contribution < -0.4 is 0 Å². The zero-order valence-electron chi connectivity index (χ0n) is 10.4. The highest BCUT2D eigenvalue weighted by molar-refractivity contribution is 7.92. The van der Waals surface area contributed by atoms with Crippen LogP contribution in [-0.4, -0.2) is 56.7 Å². The summed E-state index contributed by atoms with van der Waals surface area (Å²) in [6.07, 6.45) is 2.15. The fraction of sp³-hybridized carbons (Fsp3) is 0.900. The molecule has 0 N–H and O–H groups in total. The van der Waals surface area contributed by atoms with Gasteiger partial charge in [0.2, 0.25) is 16.1 Å². The zero-order chi connectivity index (χ0) is 14.1. The van der Waals surface area contributed by atoms with Gasteiger partial charge in [0, 0.05) is 6.54 Å². The molecule has 108 valence electrons. The number of nitrogens with zero attached hydrogens (tertiary/aromatic N) is 2. The van der Waals surface area contributed by atoms with Gasteiger partial charge in [-0.3, -0.25) is 0 Å². The molecular formula is C10H16N2O5S2. The average molecular weight is 308 g/mol. The Bertz CT molecular complexity index is 577. The van der Waals surface area contributed by atoms with Gasteiger partial charge in [-0.25, -0.2) is 21.6 Å². The number of aliphatic imine (C=N–C) groups is 1. The fourth-order valence-corrected chi connectivity index (χ4v) is 6.45. The quantitative estimate of drug-likeness (QED) is 0.524. The van der Waals surface area contributed by atoms with Crippen LogP contribution in [0.15, 0.2) is 4.99 Å². The van der Waals surface area contributed by atoms with Crippen molar-refractivity contribution in [2.24, 2.45) is 4.99 Å². The topological polar surface area (TPSA) is 101 Å². The molecule has 19 heavy (non-hydrogen) atoms. The van der Waals surface area contributed by atoms with Crippen molar-refractivity contribution < 1.29 is 21.6 Å². The first kappa shape index (κ1) is 14.6. The third-order valence-electron chi connectivity index (χ3n) is 3.62. The summed E-state index contributed by atoms with van der Waals surface area (Å²) < 4.78 is 48.7. The van der Waals surface area contributed by atoms with Gasteiger partial charge in [0.1, 0.15) is 16.0 Å². The number of carbonyl (C=O) groups excluding carboxylic acids is 1. The number of isocyanates is 1. The normalized spacial score (nSPS) is 28.9. The molecule has 0 radical (unpaired) electrons. The van der Waals surface area contributed by atoms with Gasteiger partial charge in [0.05, 0.1) is 16.8 Å². The summed E-state index contributed by atoms with van der Waals surface area (Å²) in [7, 11) is -6.68. The molecule has 1 atom stereocenters. The van der Waals surface area contributed by atoms with Crippen LogP contribution in [0, 0.1) is 0 Å². The van der Waals surface area contributed by atoms with E-state index in [1.54, 1.807) is 0 Å². The fourth-order valence-electron chi connectivity index (χ4n) is 2.57. The molecule has 0 aromatic heterocycles. The van der Waals surface area contributed by atoms with Crippen LogP contribution in [0.2, 0.25) is 0 Å². The Hall–Kier alpha value is -0.760. The first-order valence-electron chi connectivity index (χ1n) is 6.15. The van der Waals surface area contributed by atoms with Crippen molar-refractivity contribution in [3.8, 4) is 0 Å². The third kappa shape index (κ3) is 3.05. The third-order valence-corrected chi connectivity index (χ3v) is 7.73. The predicted octanol–water partition coefficient (Wildman–Crippen LogP) is -0.349. The molecule has 2 fully saturated rings. The smallest absolute Gasteiger partial charge is 0.229 e. The molecule has 0 aromatic rings. The number of rotatable bonds is 3.